The van der Waals surface area contributed by atoms with Crippen LogP contribution in [0.5, 0.6) is 0 Å². The Morgan fingerprint density at radius 2 is 1.70 bits per heavy atom. The van der Waals surface area contributed by atoms with E-state index in [1.54, 1.807) is 12.1 Å². The van der Waals surface area contributed by atoms with Gasteiger partial charge in [0.05, 0.1) is 0 Å². The zero-order valence-electron chi connectivity index (χ0n) is 11.4. The van der Waals surface area contributed by atoms with Gasteiger partial charge in [0, 0.05) is 26.7 Å². The van der Waals surface area contributed by atoms with Gasteiger partial charge in [-0.05, 0) is 35.9 Å². The van der Waals surface area contributed by atoms with Crippen molar-refractivity contribution >= 4 is 38.6 Å². The maximum atomic E-state index is 13.9. The minimum atomic E-state index is -1.55. The minimum Gasteiger partial charge on any atom is -0.253 e. The number of alkyl halides is 1. The third kappa shape index (κ3) is 3.07. The Labute approximate surface area is 141 Å². The fraction of sp³-hybridized carbons (Fsp3) is 0.0625. The van der Waals surface area contributed by atoms with Gasteiger partial charge in [-0.3, -0.25) is 4.98 Å². The van der Waals surface area contributed by atoms with Crippen LogP contribution in [0.25, 0.3) is 10.9 Å². The zero-order chi connectivity index (χ0) is 16.6. The van der Waals surface area contributed by atoms with Crippen molar-refractivity contribution in [3.8, 4) is 0 Å². The predicted octanol–water partition coefficient (Wildman–Crippen LogP) is 5.84. The third-order valence-electron chi connectivity index (χ3n) is 3.20. The molecule has 0 fully saturated rings. The molecule has 23 heavy (non-hydrogen) atoms. The number of rotatable bonds is 3. The Kier molecular flexibility index (Phi) is 4.59. The number of halogens is 5. The monoisotopic (exact) mass is 401 g/mol. The second-order valence-electron chi connectivity index (χ2n) is 4.68. The second-order valence-corrected chi connectivity index (χ2v) is 6.33. The highest BCUT2D eigenvalue weighted by Gasteiger charge is 2.19. The molecule has 0 spiro atoms. The highest BCUT2D eigenvalue weighted by molar-refractivity contribution is 9.08. The average molecular weight is 402 g/mol. The molecule has 3 aromatic rings. The summed E-state index contributed by atoms with van der Waals surface area (Å²) in [7, 11) is 0. The number of nitrogens with zero attached hydrogens (tertiary/aromatic N) is 1. The molecule has 2 aromatic carbocycles. The lowest BCUT2D eigenvalue weighted by molar-refractivity contribution is 0.452. The van der Waals surface area contributed by atoms with Crippen LogP contribution in [0, 0.1) is 23.3 Å². The van der Waals surface area contributed by atoms with Crippen molar-refractivity contribution in [3.05, 3.63) is 65.4 Å². The number of aromatic nitrogens is 1. The first kappa shape index (κ1) is 16.3. The van der Waals surface area contributed by atoms with Gasteiger partial charge in [-0.1, -0.05) is 27.7 Å². The molecule has 0 unspecified atom stereocenters. The molecule has 0 aliphatic heterocycles. The second kappa shape index (κ2) is 6.49. The molecule has 1 heterocycles. The molecule has 118 valence electrons. The summed E-state index contributed by atoms with van der Waals surface area (Å²) in [6, 6.07) is 6.63. The van der Waals surface area contributed by atoms with E-state index in [0.29, 0.717) is 20.7 Å². The van der Waals surface area contributed by atoms with Gasteiger partial charge in [0.1, 0.15) is 11.3 Å². The van der Waals surface area contributed by atoms with Crippen LogP contribution in [-0.4, -0.2) is 4.98 Å². The van der Waals surface area contributed by atoms with Crippen LogP contribution in [0.2, 0.25) is 0 Å². The molecule has 7 heteroatoms. The van der Waals surface area contributed by atoms with Gasteiger partial charge in [-0.2, -0.15) is 0 Å². The van der Waals surface area contributed by atoms with Crippen LogP contribution in [0.4, 0.5) is 17.6 Å². The summed E-state index contributed by atoms with van der Waals surface area (Å²) in [6.45, 7) is 0. The van der Waals surface area contributed by atoms with Crippen LogP contribution in [-0.2, 0) is 5.33 Å². The maximum Gasteiger partial charge on any atom is 0.196 e. The summed E-state index contributed by atoms with van der Waals surface area (Å²) in [6.07, 6.45) is 1.41. The summed E-state index contributed by atoms with van der Waals surface area (Å²) < 4.78 is 53.9. The molecule has 0 saturated carbocycles. The first-order valence-electron chi connectivity index (χ1n) is 6.45. The molecule has 0 radical (unpaired) electrons. The number of hydrogen-bond donors (Lipinski definition) is 0. The smallest absolute Gasteiger partial charge is 0.196 e. The lowest BCUT2D eigenvalue weighted by atomic mass is 10.1. The van der Waals surface area contributed by atoms with Crippen molar-refractivity contribution in [2.24, 2.45) is 0 Å². The van der Waals surface area contributed by atoms with Crippen LogP contribution in [0.3, 0.4) is 0 Å². The van der Waals surface area contributed by atoms with Crippen molar-refractivity contribution in [2.45, 2.75) is 15.1 Å². The molecular formula is C16H8BrF4NS. The van der Waals surface area contributed by atoms with Gasteiger partial charge in [-0.15, -0.1) is 0 Å². The largest absolute Gasteiger partial charge is 0.253 e. The molecule has 1 nitrogen and oxygen atoms in total. The van der Waals surface area contributed by atoms with E-state index in [0.717, 1.165) is 6.07 Å². The van der Waals surface area contributed by atoms with E-state index >= 15 is 0 Å². The van der Waals surface area contributed by atoms with Gasteiger partial charge >= 0.3 is 0 Å². The molecule has 0 bridgehead atoms. The molecule has 0 aliphatic carbocycles. The van der Waals surface area contributed by atoms with Crippen molar-refractivity contribution in [1.82, 2.24) is 4.98 Å². The van der Waals surface area contributed by atoms with E-state index in [1.807, 2.05) is 0 Å². The van der Waals surface area contributed by atoms with Gasteiger partial charge in [-0.25, -0.2) is 17.6 Å². The quantitative estimate of drug-likeness (QED) is 0.310. The van der Waals surface area contributed by atoms with E-state index in [2.05, 4.69) is 20.9 Å². The summed E-state index contributed by atoms with van der Waals surface area (Å²) >= 11 is 4.50. The summed E-state index contributed by atoms with van der Waals surface area (Å²) in [5, 5.41) is 0.577. The molecular weight excluding hydrogens is 394 g/mol. The molecule has 3 rings (SSSR count). The van der Waals surface area contributed by atoms with Gasteiger partial charge in [0.15, 0.2) is 17.5 Å². The Morgan fingerprint density at radius 3 is 2.35 bits per heavy atom. The van der Waals surface area contributed by atoms with Gasteiger partial charge in [0.25, 0.3) is 0 Å². The van der Waals surface area contributed by atoms with Crippen molar-refractivity contribution in [2.75, 3.05) is 0 Å². The molecule has 0 atom stereocenters. The van der Waals surface area contributed by atoms with Gasteiger partial charge in [0.2, 0.25) is 0 Å². The molecule has 0 amide bonds. The number of pyridine rings is 1. The Balaban J connectivity index is 2.22. The Bertz CT molecular complexity index is 884. The number of hydrogen-bond acceptors (Lipinski definition) is 2. The Morgan fingerprint density at radius 1 is 1.00 bits per heavy atom. The van der Waals surface area contributed by atoms with Crippen molar-refractivity contribution in [1.29, 1.82) is 0 Å². The van der Waals surface area contributed by atoms with Crippen molar-refractivity contribution in [3.63, 3.8) is 0 Å². The predicted molar refractivity (Wildman–Crippen MR) is 84.8 cm³/mol. The lowest BCUT2D eigenvalue weighted by Gasteiger charge is -2.12. The molecule has 0 N–H and O–H groups in total. The normalized spacial score (nSPS) is 11.2. The maximum absolute atomic E-state index is 13.9. The van der Waals surface area contributed by atoms with Crippen LogP contribution >= 0.6 is 27.7 Å². The standard InChI is InChI=1S/C16H8BrF4NS/c17-6-8-7-22-15-11(5-12(19)13(20)14(15)21)16(8)23-10-3-1-9(18)2-4-10/h1-5,7H,6H2. The summed E-state index contributed by atoms with van der Waals surface area (Å²) in [5.41, 5.74) is 0.454. The van der Waals surface area contributed by atoms with Crippen LogP contribution < -0.4 is 0 Å². The first-order chi connectivity index (χ1) is 11.0. The highest BCUT2D eigenvalue weighted by atomic mass is 79.9. The van der Waals surface area contributed by atoms with E-state index in [-0.39, 0.29) is 16.7 Å². The van der Waals surface area contributed by atoms with Gasteiger partial charge < -0.3 is 0 Å². The van der Waals surface area contributed by atoms with E-state index in [4.69, 9.17) is 0 Å². The minimum absolute atomic E-state index is 0.174. The molecule has 0 aliphatic rings. The molecule has 0 saturated heterocycles. The summed E-state index contributed by atoms with van der Waals surface area (Å²) in [4.78, 5) is 5.11. The summed E-state index contributed by atoms with van der Waals surface area (Å²) in [5.74, 6) is -4.52. The highest BCUT2D eigenvalue weighted by Crippen LogP contribution is 2.38. The fourth-order valence-corrected chi connectivity index (χ4v) is 3.74. The van der Waals surface area contributed by atoms with Crippen molar-refractivity contribution < 1.29 is 17.6 Å². The third-order valence-corrected chi connectivity index (χ3v) is 5.00. The average Bonchev–Trinajstić information content (AvgIpc) is 2.55. The fourth-order valence-electron chi connectivity index (χ4n) is 2.10. The van der Waals surface area contributed by atoms with Crippen LogP contribution in [0.1, 0.15) is 5.56 Å². The molecule has 1 aromatic heterocycles. The number of benzene rings is 2. The lowest BCUT2D eigenvalue weighted by Crippen LogP contribution is -1.98. The first-order valence-corrected chi connectivity index (χ1v) is 8.39. The topological polar surface area (TPSA) is 12.9 Å². The number of fused-ring (bicyclic) bond motifs is 1. The SMILES string of the molecule is Fc1ccc(Sc2c(CBr)cnc3c(F)c(F)c(F)cc23)cc1. The van der Waals surface area contributed by atoms with E-state index < -0.39 is 17.5 Å². The van der Waals surface area contributed by atoms with E-state index in [1.165, 1.54) is 30.1 Å². The van der Waals surface area contributed by atoms with E-state index in [9.17, 15) is 17.6 Å². The Hall–Kier alpha value is -1.60. The van der Waals surface area contributed by atoms with Crippen LogP contribution in [0.15, 0.2) is 46.3 Å². The zero-order valence-corrected chi connectivity index (χ0v) is 13.8.